The predicted molar refractivity (Wildman–Crippen MR) is 56.2 cm³/mol. The molecule has 7 heteroatoms. The molecule has 1 aromatic carbocycles. The molecule has 0 atom stereocenters. The second-order valence-electron chi connectivity index (χ2n) is 2.97. The average molecular weight is 298 g/mol. The minimum Gasteiger partial charge on any atom is -0.300 e. The van der Waals surface area contributed by atoms with Gasteiger partial charge in [-0.25, -0.2) is 18.7 Å². The van der Waals surface area contributed by atoms with Crippen LogP contribution in [-0.4, -0.2) is 14.7 Å². The number of nitrogens with two attached hydrogens (primary N) is 1. The Balaban J connectivity index is 3.34. The number of rotatable bonds is 3. The molecule has 2 N–H and O–H groups in total. The second kappa shape index (κ2) is 4.56. The highest BCUT2D eigenvalue weighted by molar-refractivity contribution is 9.10. The highest BCUT2D eigenvalue weighted by Crippen LogP contribution is 2.26. The molecule has 15 heavy (non-hydrogen) atoms. The molecule has 0 aliphatic rings. The quantitative estimate of drug-likeness (QED) is 0.856. The smallest absolute Gasteiger partial charge is 0.179 e. The van der Waals surface area contributed by atoms with Crippen molar-refractivity contribution in [3.8, 4) is 0 Å². The van der Waals surface area contributed by atoms with Crippen LogP contribution in [0.15, 0.2) is 21.5 Å². The van der Waals surface area contributed by atoms with Crippen molar-refractivity contribution in [2.24, 2.45) is 5.90 Å². The van der Waals surface area contributed by atoms with Gasteiger partial charge in [0.25, 0.3) is 0 Å². The first kappa shape index (κ1) is 12.6. The molecule has 1 aromatic rings. The summed E-state index contributed by atoms with van der Waals surface area (Å²) < 4.78 is 36.0. The zero-order valence-corrected chi connectivity index (χ0v) is 10.2. The van der Waals surface area contributed by atoms with Crippen LogP contribution in [0.2, 0.25) is 0 Å². The molecule has 0 heterocycles. The van der Waals surface area contributed by atoms with E-state index in [1.54, 1.807) is 0 Å². The number of hydrogen-bond acceptors (Lipinski definition) is 4. The highest BCUT2D eigenvalue weighted by Gasteiger charge is 2.18. The average Bonchev–Trinajstić information content (AvgIpc) is 1.99. The van der Waals surface area contributed by atoms with Gasteiger partial charge in [-0.1, -0.05) is 0 Å². The Labute approximate surface area is 95.2 Å². The fourth-order valence-electron chi connectivity index (χ4n) is 1.15. The van der Waals surface area contributed by atoms with Crippen LogP contribution in [0.5, 0.6) is 0 Å². The molecule has 0 spiro atoms. The van der Waals surface area contributed by atoms with Crippen LogP contribution in [0.4, 0.5) is 4.39 Å². The maximum atomic E-state index is 13.4. The van der Waals surface area contributed by atoms with Gasteiger partial charge in [-0.05, 0) is 33.6 Å². The third-order valence-electron chi connectivity index (χ3n) is 1.68. The Bertz CT molecular complexity index is 452. The Kier molecular flexibility index (Phi) is 3.82. The first-order chi connectivity index (χ1) is 6.86. The van der Waals surface area contributed by atoms with E-state index in [2.05, 4.69) is 20.8 Å². The van der Waals surface area contributed by atoms with Crippen molar-refractivity contribution in [2.75, 3.05) is 6.26 Å². The molecule has 0 radical (unpaired) electrons. The molecule has 84 valence electrons. The van der Waals surface area contributed by atoms with Gasteiger partial charge in [-0.2, -0.15) is 0 Å². The van der Waals surface area contributed by atoms with Crippen LogP contribution >= 0.6 is 15.9 Å². The molecule has 0 aliphatic carbocycles. The predicted octanol–water partition coefficient (Wildman–Crippen LogP) is 1.38. The van der Waals surface area contributed by atoms with Crippen molar-refractivity contribution < 1.29 is 17.6 Å². The van der Waals surface area contributed by atoms with Gasteiger partial charge >= 0.3 is 0 Å². The third-order valence-corrected chi connectivity index (χ3v) is 3.72. The summed E-state index contributed by atoms with van der Waals surface area (Å²) in [7, 11) is -3.59. The Morgan fingerprint density at radius 3 is 2.53 bits per heavy atom. The lowest BCUT2D eigenvalue weighted by Gasteiger charge is -2.06. The first-order valence-electron chi connectivity index (χ1n) is 3.86. The van der Waals surface area contributed by atoms with Crippen LogP contribution in [0.1, 0.15) is 5.56 Å². The Morgan fingerprint density at radius 1 is 1.53 bits per heavy atom. The fourth-order valence-corrected chi connectivity index (χ4v) is 3.34. The van der Waals surface area contributed by atoms with Crippen LogP contribution in [0, 0.1) is 5.82 Å². The van der Waals surface area contributed by atoms with Gasteiger partial charge in [0, 0.05) is 10.7 Å². The van der Waals surface area contributed by atoms with Crippen molar-refractivity contribution in [3.63, 3.8) is 0 Å². The maximum absolute atomic E-state index is 13.4. The molecule has 0 saturated heterocycles. The molecule has 0 aromatic heterocycles. The van der Waals surface area contributed by atoms with E-state index in [1.165, 1.54) is 6.07 Å². The van der Waals surface area contributed by atoms with Gasteiger partial charge in [-0.15, -0.1) is 0 Å². The number of hydrogen-bond donors (Lipinski definition) is 1. The minimum atomic E-state index is -3.59. The van der Waals surface area contributed by atoms with Crippen molar-refractivity contribution in [1.82, 2.24) is 0 Å². The summed E-state index contributed by atoms with van der Waals surface area (Å²) in [4.78, 5) is 3.97. The van der Waals surface area contributed by atoms with Gasteiger partial charge in [0.2, 0.25) is 0 Å². The molecule has 0 bridgehead atoms. The number of sulfone groups is 1. The standard InChI is InChI=1S/C8H9BrFNO3S/c1-15(12,13)8-6(9)2-5(4-14-11)3-7(8)10/h2-3H,4,11H2,1H3. The van der Waals surface area contributed by atoms with E-state index in [-0.39, 0.29) is 16.0 Å². The van der Waals surface area contributed by atoms with E-state index in [1.807, 2.05) is 0 Å². The first-order valence-corrected chi connectivity index (χ1v) is 6.54. The normalized spacial score (nSPS) is 11.7. The van der Waals surface area contributed by atoms with Crippen LogP contribution < -0.4 is 5.90 Å². The molecular formula is C8H9BrFNO3S. The molecule has 0 fully saturated rings. The molecule has 1 rings (SSSR count). The van der Waals surface area contributed by atoms with E-state index in [9.17, 15) is 12.8 Å². The van der Waals surface area contributed by atoms with E-state index < -0.39 is 15.7 Å². The molecule has 0 aliphatic heterocycles. The van der Waals surface area contributed by atoms with Gasteiger partial charge in [0.15, 0.2) is 9.84 Å². The number of halogens is 2. The van der Waals surface area contributed by atoms with E-state index in [0.717, 1.165) is 12.3 Å². The largest absolute Gasteiger partial charge is 0.300 e. The molecule has 4 nitrogen and oxygen atoms in total. The fraction of sp³-hybridized carbons (Fsp3) is 0.250. The SMILES string of the molecule is CS(=O)(=O)c1c(F)cc(CON)cc1Br. The Morgan fingerprint density at radius 2 is 2.13 bits per heavy atom. The van der Waals surface area contributed by atoms with E-state index in [0.29, 0.717) is 5.56 Å². The molecule has 0 unspecified atom stereocenters. The van der Waals surface area contributed by atoms with Crippen LogP contribution in [0.25, 0.3) is 0 Å². The second-order valence-corrected chi connectivity index (χ2v) is 5.78. The zero-order valence-electron chi connectivity index (χ0n) is 7.83. The van der Waals surface area contributed by atoms with Crippen molar-refractivity contribution in [1.29, 1.82) is 0 Å². The minimum absolute atomic E-state index is 0.0135. The summed E-state index contributed by atoms with van der Waals surface area (Å²) in [5.41, 5.74) is 0.453. The van der Waals surface area contributed by atoms with Gasteiger partial charge in [0.05, 0.1) is 6.61 Å². The van der Waals surface area contributed by atoms with Crippen molar-refractivity contribution >= 4 is 25.8 Å². The lowest BCUT2D eigenvalue weighted by Crippen LogP contribution is -2.05. The lowest BCUT2D eigenvalue weighted by molar-refractivity contribution is 0.124. The summed E-state index contributed by atoms with van der Waals surface area (Å²) in [6, 6.07) is 2.53. The van der Waals surface area contributed by atoms with E-state index in [4.69, 9.17) is 5.90 Å². The van der Waals surface area contributed by atoms with Gasteiger partial charge < -0.3 is 0 Å². The summed E-state index contributed by atoms with van der Waals surface area (Å²) in [6.07, 6.45) is 0.940. The van der Waals surface area contributed by atoms with Crippen LogP contribution in [-0.2, 0) is 21.3 Å². The number of benzene rings is 1. The summed E-state index contributed by atoms with van der Waals surface area (Å²) >= 11 is 2.99. The van der Waals surface area contributed by atoms with Crippen molar-refractivity contribution in [2.45, 2.75) is 11.5 Å². The van der Waals surface area contributed by atoms with Crippen LogP contribution in [0.3, 0.4) is 0 Å². The third kappa shape index (κ3) is 2.97. The van der Waals surface area contributed by atoms with Gasteiger partial charge in [0.1, 0.15) is 10.7 Å². The topological polar surface area (TPSA) is 69.4 Å². The molecular weight excluding hydrogens is 289 g/mol. The summed E-state index contributed by atoms with van der Waals surface area (Å²) in [5, 5.41) is 0. The zero-order chi connectivity index (χ0) is 11.6. The monoisotopic (exact) mass is 297 g/mol. The molecule has 0 saturated carbocycles. The summed E-state index contributed by atoms with van der Waals surface area (Å²) in [6.45, 7) is 0.0135. The maximum Gasteiger partial charge on any atom is 0.179 e. The van der Waals surface area contributed by atoms with E-state index >= 15 is 0 Å². The summed E-state index contributed by atoms with van der Waals surface area (Å²) in [5.74, 6) is 4.01. The Hall–Kier alpha value is -0.500. The lowest BCUT2D eigenvalue weighted by atomic mass is 10.2. The highest BCUT2D eigenvalue weighted by atomic mass is 79.9. The molecule has 0 amide bonds. The van der Waals surface area contributed by atoms with Crippen molar-refractivity contribution in [3.05, 3.63) is 28.0 Å². The van der Waals surface area contributed by atoms with Gasteiger partial charge in [-0.3, -0.25) is 4.84 Å².